The van der Waals surface area contributed by atoms with Crippen molar-refractivity contribution in [3.63, 3.8) is 0 Å². The van der Waals surface area contributed by atoms with E-state index < -0.39 is 5.91 Å². The highest BCUT2D eigenvalue weighted by atomic mass is 16.1. The van der Waals surface area contributed by atoms with Crippen LogP contribution in [0, 0.1) is 23.2 Å². The van der Waals surface area contributed by atoms with Crippen LogP contribution in [-0.4, -0.2) is 23.8 Å². The maximum absolute atomic E-state index is 12.8. The fourth-order valence-corrected chi connectivity index (χ4v) is 4.84. The molecule has 1 amide bonds. The van der Waals surface area contributed by atoms with E-state index in [4.69, 9.17) is 5.73 Å². The third-order valence-electron chi connectivity index (χ3n) is 6.57. The zero-order valence-corrected chi connectivity index (χ0v) is 17.0. The molecule has 5 heteroatoms. The van der Waals surface area contributed by atoms with Gasteiger partial charge in [0, 0.05) is 18.0 Å². The van der Waals surface area contributed by atoms with Crippen LogP contribution in [0.15, 0.2) is 48.5 Å². The predicted octanol–water partition coefficient (Wildman–Crippen LogP) is 3.62. The number of benzene rings is 2. The molecule has 2 atom stereocenters. The van der Waals surface area contributed by atoms with Crippen LogP contribution >= 0.6 is 0 Å². The lowest BCUT2D eigenvalue weighted by atomic mass is 9.74. The van der Waals surface area contributed by atoms with Gasteiger partial charge >= 0.3 is 0 Å². The van der Waals surface area contributed by atoms with Crippen molar-refractivity contribution >= 4 is 11.7 Å². The van der Waals surface area contributed by atoms with Crippen molar-refractivity contribution in [2.75, 3.05) is 0 Å². The third-order valence-corrected chi connectivity index (χ3v) is 6.57. The molecule has 0 radical (unpaired) electrons. The molecule has 1 aliphatic carbocycles. The van der Waals surface area contributed by atoms with Crippen LogP contribution in [0.2, 0.25) is 0 Å². The second-order valence-corrected chi connectivity index (χ2v) is 8.60. The number of hydrogen-bond acceptors (Lipinski definition) is 4. The number of hydrogen-bond donors (Lipinski definition) is 2. The second-order valence-electron chi connectivity index (χ2n) is 8.60. The number of nitrogens with zero attached hydrogens (tertiary/aromatic N) is 1. The third kappa shape index (κ3) is 4.44. The van der Waals surface area contributed by atoms with Gasteiger partial charge in [0.25, 0.3) is 0 Å². The average Bonchev–Trinajstić information content (AvgIpc) is 2.80. The molecule has 30 heavy (non-hydrogen) atoms. The zero-order chi connectivity index (χ0) is 21.1. The topological polar surface area (TPSA) is 96.0 Å². The number of amides is 1. The van der Waals surface area contributed by atoms with E-state index in [0.717, 1.165) is 29.5 Å². The van der Waals surface area contributed by atoms with Crippen LogP contribution in [0.4, 0.5) is 0 Å². The Morgan fingerprint density at radius 2 is 1.60 bits per heavy atom. The highest BCUT2D eigenvalue weighted by molar-refractivity contribution is 5.93. The molecule has 5 rings (SSSR count). The molecule has 2 aliphatic heterocycles. The Kier molecular flexibility index (Phi) is 5.96. The van der Waals surface area contributed by atoms with Crippen LogP contribution in [0.5, 0.6) is 0 Å². The van der Waals surface area contributed by atoms with Gasteiger partial charge in [-0.05, 0) is 66.8 Å². The molecule has 0 aromatic heterocycles. The first-order valence-corrected chi connectivity index (χ1v) is 10.7. The maximum atomic E-state index is 12.8. The summed E-state index contributed by atoms with van der Waals surface area (Å²) in [7, 11) is 0. The van der Waals surface area contributed by atoms with Crippen molar-refractivity contribution < 1.29 is 9.59 Å². The Bertz CT molecular complexity index is 951. The van der Waals surface area contributed by atoms with E-state index in [1.807, 2.05) is 36.4 Å². The number of ketones is 1. The molecule has 5 nitrogen and oxygen atoms in total. The lowest BCUT2D eigenvalue weighted by Crippen LogP contribution is -2.56. The molecule has 0 spiro atoms. The Balaban J connectivity index is 1.37. The first-order valence-electron chi connectivity index (χ1n) is 10.7. The van der Waals surface area contributed by atoms with Crippen molar-refractivity contribution in [3.8, 4) is 17.2 Å². The molecule has 2 aromatic rings. The van der Waals surface area contributed by atoms with Crippen LogP contribution in [0.3, 0.4) is 0 Å². The number of carbonyl (C=O) groups is 2. The SMILES string of the molecule is N#C[C@@H](CC(=O)[C@H]1NC2CCC1CC2)Cc1ccc(-c2ccc(C(N)=O)cc2)cc1. The van der Waals surface area contributed by atoms with Gasteiger partial charge in [0.2, 0.25) is 5.91 Å². The van der Waals surface area contributed by atoms with E-state index in [-0.39, 0.29) is 17.7 Å². The molecule has 2 heterocycles. The molecule has 3 fully saturated rings. The highest BCUT2D eigenvalue weighted by Gasteiger charge is 2.39. The standard InChI is InChI=1S/C25H27N3O2/c26-15-17(14-23(29)24-20-9-11-22(28-24)12-10-20)13-16-1-3-18(4-2-16)19-5-7-21(8-6-19)25(27)30/h1-8,17,20,22,24,28H,9-14H2,(H2,27,30)/t17-,20?,22?,24+/m1/s1. The summed E-state index contributed by atoms with van der Waals surface area (Å²) in [6.07, 6.45) is 5.50. The molecular formula is C25H27N3O2. The Hall–Kier alpha value is -2.97. The van der Waals surface area contributed by atoms with Crippen LogP contribution in [-0.2, 0) is 11.2 Å². The van der Waals surface area contributed by atoms with Crippen molar-refractivity contribution in [2.24, 2.45) is 17.6 Å². The number of fused-ring (bicyclic) bond motifs is 3. The van der Waals surface area contributed by atoms with Crippen molar-refractivity contribution in [1.29, 1.82) is 5.26 Å². The van der Waals surface area contributed by atoms with Gasteiger partial charge < -0.3 is 11.1 Å². The Morgan fingerprint density at radius 1 is 1.00 bits per heavy atom. The summed E-state index contributed by atoms with van der Waals surface area (Å²) in [4.78, 5) is 24.0. The van der Waals surface area contributed by atoms with Gasteiger partial charge in [0.05, 0.1) is 18.0 Å². The Labute approximate surface area is 177 Å². The zero-order valence-electron chi connectivity index (χ0n) is 17.0. The van der Waals surface area contributed by atoms with Crippen LogP contribution in [0.25, 0.3) is 11.1 Å². The van der Waals surface area contributed by atoms with Gasteiger partial charge in [-0.2, -0.15) is 5.26 Å². The van der Waals surface area contributed by atoms with Crippen molar-refractivity contribution in [2.45, 2.75) is 50.6 Å². The number of primary amides is 1. The number of carbonyl (C=O) groups excluding carboxylic acids is 2. The van der Waals surface area contributed by atoms with Gasteiger partial charge in [-0.1, -0.05) is 36.4 Å². The molecule has 2 saturated heterocycles. The number of Topliss-reactive ketones (excluding diaryl/α,β-unsaturated/α-hetero) is 1. The Morgan fingerprint density at radius 3 is 2.10 bits per heavy atom. The van der Waals surface area contributed by atoms with E-state index in [2.05, 4.69) is 11.4 Å². The molecular weight excluding hydrogens is 374 g/mol. The van der Waals surface area contributed by atoms with Gasteiger partial charge in [0.1, 0.15) is 0 Å². The summed E-state index contributed by atoms with van der Waals surface area (Å²) in [6.45, 7) is 0. The first kappa shape index (κ1) is 20.3. The summed E-state index contributed by atoms with van der Waals surface area (Å²) >= 11 is 0. The monoisotopic (exact) mass is 401 g/mol. The van der Waals surface area contributed by atoms with Gasteiger partial charge in [-0.3, -0.25) is 9.59 Å². The van der Waals surface area contributed by atoms with E-state index in [0.29, 0.717) is 30.4 Å². The molecule has 154 valence electrons. The first-order chi connectivity index (χ1) is 14.5. The fraction of sp³-hybridized carbons (Fsp3) is 0.400. The van der Waals surface area contributed by atoms with Crippen LogP contribution in [0.1, 0.15) is 48.0 Å². The highest BCUT2D eigenvalue weighted by Crippen LogP contribution is 2.34. The van der Waals surface area contributed by atoms with Gasteiger partial charge in [0.15, 0.2) is 5.78 Å². The normalized spacial score (nSPS) is 23.5. The van der Waals surface area contributed by atoms with Crippen LogP contribution < -0.4 is 11.1 Å². The minimum absolute atomic E-state index is 0.0564. The summed E-state index contributed by atoms with van der Waals surface area (Å²) in [6, 6.07) is 18.0. The fourth-order valence-electron chi connectivity index (χ4n) is 4.84. The number of nitrogens with one attached hydrogen (secondary N) is 1. The maximum Gasteiger partial charge on any atom is 0.248 e. The smallest absolute Gasteiger partial charge is 0.248 e. The summed E-state index contributed by atoms with van der Waals surface area (Å²) in [5.41, 5.74) is 8.84. The molecule has 2 aromatic carbocycles. The molecule has 3 N–H and O–H groups in total. The molecule has 3 aliphatic rings. The largest absolute Gasteiger partial charge is 0.366 e. The van der Waals surface area contributed by atoms with E-state index in [1.54, 1.807) is 12.1 Å². The number of nitriles is 1. The van der Waals surface area contributed by atoms with Gasteiger partial charge in [-0.15, -0.1) is 0 Å². The quantitative estimate of drug-likeness (QED) is 0.740. The summed E-state index contributed by atoms with van der Waals surface area (Å²) < 4.78 is 0. The summed E-state index contributed by atoms with van der Waals surface area (Å²) in [5, 5.41) is 13.1. The van der Waals surface area contributed by atoms with Gasteiger partial charge in [-0.25, -0.2) is 0 Å². The molecule has 0 unspecified atom stereocenters. The van der Waals surface area contributed by atoms with Crippen molar-refractivity contribution in [1.82, 2.24) is 5.32 Å². The van der Waals surface area contributed by atoms with E-state index >= 15 is 0 Å². The number of piperidine rings is 2. The molecule has 2 bridgehead atoms. The summed E-state index contributed by atoms with van der Waals surface area (Å²) in [5.74, 6) is -0.102. The lowest BCUT2D eigenvalue weighted by Gasteiger charge is -2.43. The molecule has 1 saturated carbocycles. The van der Waals surface area contributed by atoms with E-state index in [9.17, 15) is 14.9 Å². The number of rotatable bonds is 7. The lowest BCUT2D eigenvalue weighted by molar-refractivity contribution is -0.125. The second kappa shape index (κ2) is 8.81. The minimum atomic E-state index is -0.440. The minimum Gasteiger partial charge on any atom is -0.366 e. The number of nitrogens with two attached hydrogens (primary N) is 1. The predicted molar refractivity (Wildman–Crippen MR) is 115 cm³/mol. The average molecular weight is 402 g/mol. The van der Waals surface area contributed by atoms with E-state index in [1.165, 1.54) is 12.8 Å². The van der Waals surface area contributed by atoms with Crippen molar-refractivity contribution in [3.05, 3.63) is 59.7 Å².